The van der Waals surface area contributed by atoms with Crippen molar-refractivity contribution in [1.82, 2.24) is 5.32 Å². The van der Waals surface area contributed by atoms with E-state index in [4.69, 9.17) is 23.2 Å². The van der Waals surface area contributed by atoms with Gasteiger partial charge in [0.25, 0.3) is 0 Å². The van der Waals surface area contributed by atoms with Gasteiger partial charge in [-0.1, -0.05) is 36.2 Å². The van der Waals surface area contributed by atoms with Gasteiger partial charge < -0.3 is 5.32 Å². The Kier molecular flexibility index (Phi) is 6.10. The number of rotatable bonds is 6. The fourth-order valence-corrected chi connectivity index (χ4v) is 3.25. The Balaban J connectivity index is 3.00. The fraction of sp³-hybridized carbons (Fsp3) is 0.417. The van der Waals surface area contributed by atoms with Crippen LogP contribution in [0.15, 0.2) is 18.2 Å². The molecule has 0 saturated carbocycles. The second-order valence-corrected chi connectivity index (χ2v) is 6.83. The molecule has 112 valence electrons. The van der Waals surface area contributed by atoms with E-state index in [1.54, 1.807) is 25.1 Å². The van der Waals surface area contributed by atoms with E-state index in [1.807, 2.05) is 0 Å². The van der Waals surface area contributed by atoms with E-state index in [-0.39, 0.29) is 34.7 Å². The van der Waals surface area contributed by atoms with Crippen LogP contribution in [0.5, 0.6) is 0 Å². The Morgan fingerprint density at radius 1 is 1.30 bits per heavy atom. The predicted octanol–water partition coefficient (Wildman–Crippen LogP) is 2.29. The number of halogens is 2. The van der Waals surface area contributed by atoms with E-state index >= 15 is 0 Å². The quantitative estimate of drug-likeness (QED) is 0.865. The molecular weight excluding hydrogens is 323 g/mol. The number of hydrogen-bond acceptors (Lipinski definition) is 3. The van der Waals surface area contributed by atoms with Gasteiger partial charge in [0.15, 0.2) is 0 Å². The number of para-hydroxylation sites is 1. The highest BCUT2D eigenvalue weighted by Gasteiger charge is 2.22. The van der Waals surface area contributed by atoms with Gasteiger partial charge in [0, 0.05) is 13.0 Å². The summed E-state index contributed by atoms with van der Waals surface area (Å²) in [6.45, 7) is 1.96. The van der Waals surface area contributed by atoms with Gasteiger partial charge in [-0.2, -0.15) is 0 Å². The van der Waals surface area contributed by atoms with Gasteiger partial charge in [-0.25, -0.2) is 8.42 Å². The highest BCUT2D eigenvalue weighted by molar-refractivity contribution is 7.92. The zero-order valence-electron chi connectivity index (χ0n) is 11.2. The van der Waals surface area contributed by atoms with Crippen molar-refractivity contribution < 1.29 is 13.2 Å². The number of sulfonamides is 1. The van der Waals surface area contributed by atoms with Crippen LogP contribution in [0.1, 0.15) is 13.3 Å². The SMILES string of the molecule is CCC(=O)NCCN(c1c(Cl)cccc1Cl)S(C)(=O)=O. The molecule has 0 aliphatic carbocycles. The Labute approximate surface area is 128 Å². The average Bonchev–Trinajstić information content (AvgIpc) is 2.35. The molecule has 0 heterocycles. The molecule has 0 radical (unpaired) electrons. The van der Waals surface area contributed by atoms with Crippen LogP contribution in [0.3, 0.4) is 0 Å². The monoisotopic (exact) mass is 338 g/mol. The molecule has 1 N–H and O–H groups in total. The molecule has 0 spiro atoms. The molecule has 1 amide bonds. The third kappa shape index (κ3) is 4.54. The summed E-state index contributed by atoms with van der Waals surface area (Å²) in [7, 11) is -3.55. The Hall–Kier alpha value is -0.980. The minimum absolute atomic E-state index is 0.0635. The summed E-state index contributed by atoms with van der Waals surface area (Å²) in [6.07, 6.45) is 1.40. The lowest BCUT2D eigenvalue weighted by Crippen LogP contribution is -2.38. The van der Waals surface area contributed by atoms with Crippen molar-refractivity contribution >= 4 is 44.8 Å². The lowest BCUT2D eigenvalue weighted by Gasteiger charge is -2.24. The van der Waals surface area contributed by atoms with Crippen LogP contribution >= 0.6 is 23.2 Å². The van der Waals surface area contributed by atoms with Gasteiger partial charge in [-0.3, -0.25) is 9.10 Å². The normalized spacial score (nSPS) is 11.2. The molecule has 1 aromatic carbocycles. The summed E-state index contributed by atoms with van der Waals surface area (Å²) in [4.78, 5) is 11.2. The fourth-order valence-electron chi connectivity index (χ4n) is 1.59. The summed E-state index contributed by atoms with van der Waals surface area (Å²) in [5.74, 6) is -0.149. The predicted molar refractivity (Wildman–Crippen MR) is 82.0 cm³/mol. The molecule has 0 aliphatic heterocycles. The van der Waals surface area contributed by atoms with E-state index in [1.165, 1.54) is 0 Å². The van der Waals surface area contributed by atoms with Gasteiger partial charge in [-0.15, -0.1) is 0 Å². The number of carbonyl (C=O) groups excluding carboxylic acids is 1. The van der Waals surface area contributed by atoms with Gasteiger partial charge >= 0.3 is 0 Å². The first kappa shape index (κ1) is 17.1. The van der Waals surface area contributed by atoms with Crippen molar-refractivity contribution in [3.63, 3.8) is 0 Å². The zero-order valence-corrected chi connectivity index (χ0v) is 13.5. The Morgan fingerprint density at radius 2 is 1.85 bits per heavy atom. The number of nitrogens with one attached hydrogen (secondary N) is 1. The largest absolute Gasteiger partial charge is 0.354 e. The van der Waals surface area contributed by atoms with Gasteiger partial charge in [0.2, 0.25) is 15.9 Å². The van der Waals surface area contributed by atoms with E-state index in [9.17, 15) is 13.2 Å². The first-order chi connectivity index (χ1) is 9.27. The molecule has 0 unspecified atom stereocenters. The lowest BCUT2D eigenvalue weighted by molar-refractivity contribution is -0.120. The van der Waals surface area contributed by atoms with Crippen molar-refractivity contribution in [1.29, 1.82) is 0 Å². The van der Waals surface area contributed by atoms with Crippen LogP contribution in [0.25, 0.3) is 0 Å². The van der Waals surface area contributed by atoms with Crippen molar-refractivity contribution in [3.05, 3.63) is 28.2 Å². The minimum Gasteiger partial charge on any atom is -0.354 e. The van der Waals surface area contributed by atoms with Crippen molar-refractivity contribution in [3.8, 4) is 0 Å². The summed E-state index contributed by atoms with van der Waals surface area (Å²) in [5, 5.41) is 3.09. The molecule has 5 nitrogen and oxygen atoms in total. The number of benzene rings is 1. The Bertz CT molecular complexity index is 570. The molecule has 0 bridgehead atoms. The van der Waals surface area contributed by atoms with Crippen molar-refractivity contribution in [2.24, 2.45) is 0 Å². The molecule has 1 aromatic rings. The van der Waals surface area contributed by atoms with Gasteiger partial charge in [-0.05, 0) is 12.1 Å². The zero-order chi connectivity index (χ0) is 15.3. The second kappa shape index (κ2) is 7.15. The summed E-state index contributed by atoms with van der Waals surface area (Å²) in [6, 6.07) is 4.75. The maximum absolute atomic E-state index is 11.9. The van der Waals surface area contributed by atoms with Gasteiger partial charge in [0.05, 0.1) is 28.5 Å². The first-order valence-electron chi connectivity index (χ1n) is 5.95. The number of carbonyl (C=O) groups is 1. The maximum atomic E-state index is 11.9. The highest BCUT2D eigenvalue weighted by atomic mass is 35.5. The lowest BCUT2D eigenvalue weighted by atomic mass is 10.3. The van der Waals surface area contributed by atoms with Crippen LogP contribution in [-0.4, -0.2) is 33.7 Å². The number of nitrogens with zero attached hydrogens (tertiary/aromatic N) is 1. The third-order valence-corrected chi connectivity index (χ3v) is 4.32. The smallest absolute Gasteiger partial charge is 0.232 e. The summed E-state index contributed by atoms with van der Waals surface area (Å²) >= 11 is 12.0. The molecule has 20 heavy (non-hydrogen) atoms. The van der Waals surface area contributed by atoms with E-state index in [0.29, 0.717) is 6.42 Å². The Morgan fingerprint density at radius 3 is 2.30 bits per heavy atom. The molecule has 8 heteroatoms. The molecular formula is C12H16Cl2N2O3S. The van der Waals surface area contributed by atoms with Gasteiger partial charge in [0.1, 0.15) is 0 Å². The van der Waals surface area contributed by atoms with E-state index in [2.05, 4.69) is 5.32 Å². The molecule has 0 atom stereocenters. The second-order valence-electron chi connectivity index (χ2n) is 4.11. The van der Waals surface area contributed by atoms with Crippen LogP contribution in [0, 0.1) is 0 Å². The highest BCUT2D eigenvalue weighted by Crippen LogP contribution is 2.34. The number of anilines is 1. The maximum Gasteiger partial charge on any atom is 0.232 e. The van der Waals surface area contributed by atoms with Crippen LogP contribution in [0.2, 0.25) is 10.0 Å². The molecule has 0 aliphatic rings. The topological polar surface area (TPSA) is 66.5 Å². The van der Waals surface area contributed by atoms with E-state index in [0.717, 1.165) is 10.6 Å². The molecule has 0 saturated heterocycles. The molecule has 0 aromatic heterocycles. The van der Waals surface area contributed by atoms with Crippen LogP contribution in [-0.2, 0) is 14.8 Å². The van der Waals surface area contributed by atoms with Crippen molar-refractivity contribution in [2.75, 3.05) is 23.7 Å². The summed E-state index contributed by atoms with van der Waals surface area (Å²) < 4.78 is 24.8. The third-order valence-electron chi connectivity index (χ3n) is 2.55. The minimum atomic E-state index is -3.55. The first-order valence-corrected chi connectivity index (χ1v) is 8.56. The molecule has 0 fully saturated rings. The van der Waals surface area contributed by atoms with E-state index < -0.39 is 10.0 Å². The van der Waals surface area contributed by atoms with Crippen LogP contribution in [0.4, 0.5) is 5.69 Å². The number of amides is 1. The van der Waals surface area contributed by atoms with Crippen molar-refractivity contribution in [2.45, 2.75) is 13.3 Å². The molecule has 1 rings (SSSR count). The summed E-state index contributed by atoms with van der Waals surface area (Å²) in [5.41, 5.74) is 0.226. The number of hydrogen-bond donors (Lipinski definition) is 1. The average molecular weight is 339 g/mol. The van der Waals surface area contributed by atoms with Crippen LogP contribution < -0.4 is 9.62 Å². The standard InChI is InChI=1S/C12H16Cl2N2O3S/c1-3-11(17)15-7-8-16(20(2,18)19)12-9(13)5-4-6-10(12)14/h4-6H,3,7-8H2,1-2H3,(H,15,17).